The number of anilines is 1. The van der Waals surface area contributed by atoms with Gasteiger partial charge in [0.25, 0.3) is 0 Å². The molecule has 210 valence electrons. The molecular formula is C32H45Cl2NO3. The lowest BCUT2D eigenvalue weighted by Crippen LogP contribution is -2.58. The zero-order valence-corrected chi connectivity index (χ0v) is 25.0. The molecule has 6 heteroatoms. The predicted octanol–water partition coefficient (Wildman–Crippen LogP) is 7.43. The highest BCUT2D eigenvalue weighted by molar-refractivity contribution is 6.18. The van der Waals surface area contributed by atoms with Crippen LogP contribution in [0.3, 0.4) is 0 Å². The van der Waals surface area contributed by atoms with E-state index in [1.54, 1.807) is 0 Å². The normalized spacial score (nSPS) is 38.2. The van der Waals surface area contributed by atoms with Gasteiger partial charge < -0.3 is 9.64 Å². The third kappa shape index (κ3) is 4.91. The Bertz CT molecular complexity index is 1020. The summed E-state index contributed by atoms with van der Waals surface area (Å²) in [7, 11) is 0. The molecule has 4 saturated carbocycles. The van der Waals surface area contributed by atoms with E-state index in [1.165, 1.54) is 19.3 Å². The van der Waals surface area contributed by atoms with Gasteiger partial charge in [-0.15, -0.1) is 23.2 Å². The minimum absolute atomic E-state index is 0.00115. The molecule has 0 N–H and O–H groups in total. The highest BCUT2D eigenvalue weighted by Gasteiger charge is 2.63. The fourth-order valence-electron chi connectivity index (χ4n) is 9.25. The van der Waals surface area contributed by atoms with E-state index < -0.39 is 0 Å². The molecular weight excluding hydrogens is 517 g/mol. The van der Waals surface area contributed by atoms with Crippen LogP contribution in [0.2, 0.25) is 0 Å². The van der Waals surface area contributed by atoms with E-state index in [0.29, 0.717) is 41.7 Å². The van der Waals surface area contributed by atoms with E-state index >= 15 is 0 Å². The lowest BCUT2D eigenvalue weighted by atomic mass is 9.40. The zero-order chi connectivity index (χ0) is 27.1. The Balaban J connectivity index is 1.20. The molecule has 0 aliphatic heterocycles. The quantitative estimate of drug-likeness (QED) is 0.244. The lowest BCUT2D eigenvalue weighted by molar-refractivity contribution is -0.182. The number of carbonyl (C=O) groups excluding carboxylic acids is 2. The molecule has 1 aromatic carbocycles. The number of hydrogen-bond acceptors (Lipinski definition) is 4. The van der Waals surface area contributed by atoms with Crippen LogP contribution in [0.15, 0.2) is 24.3 Å². The second kappa shape index (κ2) is 11.0. The first-order valence-corrected chi connectivity index (χ1v) is 15.9. The fourth-order valence-corrected chi connectivity index (χ4v) is 9.66. The summed E-state index contributed by atoms with van der Waals surface area (Å²) in [6, 6.07) is 8.11. The largest absolute Gasteiger partial charge is 0.462 e. The third-order valence-electron chi connectivity index (χ3n) is 11.7. The van der Waals surface area contributed by atoms with Gasteiger partial charge in [-0.25, -0.2) is 0 Å². The highest BCUT2D eigenvalue weighted by atomic mass is 35.5. The fraction of sp³-hybridized carbons (Fsp3) is 0.750. The number of carbonyl (C=O) groups is 2. The van der Waals surface area contributed by atoms with Crippen LogP contribution in [0.1, 0.15) is 84.1 Å². The first kappa shape index (κ1) is 28.3. The summed E-state index contributed by atoms with van der Waals surface area (Å²) >= 11 is 11.9. The zero-order valence-electron chi connectivity index (χ0n) is 23.4. The molecule has 4 nitrogen and oxygen atoms in total. The maximum atomic E-state index is 13.0. The van der Waals surface area contributed by atoms with Crippen molar-refractivity contribution < 1.29 is 14.3 Å². The van der Waals surface area contributed by atoms with Crippen molar-refractivity contribution >= 4 is 40.6 Å². The van der Waals surface area contributed by atoms with E-state index in [0.717, 1.165) is 62.9 Å². The lowest BCUT2D eigenvalue weighted by Gasteiger charge is -2.64. The maximum Gasteiger partial charge on any atom is 0.310 e. The molecule has 0 spiro atoms. The SMILES string of the molecule is C[C@]12CC[C@H]3[C@@H]4CCC(=O)[C@@]4(C)CC[C@@H]3[C@@]1(C)CC[C@@H](OC(=O)Cc1ccc(N(CCCl)CCCl)cc1)C2. The minimum Gasteiger partial charge on any atom is -0.462 e. The molecule has 0 amide bonds. The number of esters is 1. The third-order valence-corrected chi connectivity index (χ3v) is 12.0. The molecule has 0 heterocycles. The van der Waals surface area contributed by atoms with E-state index in [9.17, 15) is 9.59 Å². The molecule has 7 atom stereocenters. The number of ketones is 1. The van der Waals surface area contributed by atoms with Crippen molar-refractivity contribution in [1.82, 2.24) is 0 Å². The van der Waals surface area contributed by atoms with Gasteiger partial charge in [0, 0.05) is 42.4 Å². The summed E-state index contributed by atoms with van der Waals surface area (Å²) < 4.78 is 6.12. The van der Waals surface area contributed by atoms with Crippen LogP contribution in [0.25, 0.3) is 0 Å². The van der Waals surface area contributed by atoms with Crippen LogP contribution in [-0.2, 0) is 20.7 Å². The number of benzene rings is 1. The number of rotatable bonds is 8. The number of hydrogen-bond donors (Lipinski definition) is 0. The van der Waals surface area contributed by atoms with Crippen LogP contribution in [0.5, 0.6) is 0 Å². The molecule has 0 radical (unpaired) electrons. The van der Waals surface area contributed by atoms with Gasteiger partial charge in [0.2, 0.25) is 0 Å². The number of alkyl halides is 2. The standard InChI is InChI=1S/C32H45Cl2NO3/c1-30-13-11-25-26-8-9-28(36)31(26,2)14-12-27(25)32(30,3)15-10-24(21-30)38-29(37)20-22-4-6-23(7-5-22)35(18-16-33)19-17-34/h4-7,24-27H,8-21H2,1-3H3/t24-,25+,26+,27+,30-,31+,32-/m1/s1. The van der Waals surface area contributed by atoms with Gasteiger partial charge in [-0.2, -0.15) is 0 Å². The first-order chi connectivity index (χ1) is 18.1. The molecule has 4 aliphatic carbocycles. The van der Waals surface area contributed by atoms with Crippen molar-refractivity contribution in [2.24, 2.45) is 34.0 Å². The average molecular weight is 563 g/mol. The van der Waals surface area contributed by atoms with Gasteiger partial charge in [-0.3, -0.25) is 9.59 Å². The average Bonchev–Trinajstić information content (AvgIpc) is 3.19. The smallest absolute Gasteiger partial charge is 0.310 e. The van der Waals surface area contributed by atoms with Crippen LogP contribution < -0.4 is 4.90 Å². The molecule has 4 fully saturated rings. The topological polar surface area (TPSA) is 46.6 Å². The minimum atomic E-state index is -0.125. The highest BCUT2D eigenvalue weighted by Crippen LogP contribution is 2.69. The van der Waals surface area contributed by atoms with Gasteiger partial charge in [0.05, 0.1) is 6.42 Å². The molecule has 0 aromatic heterocycles. The molecule has 38 heavy (non-hydrogen) atoms. The van der Waals surface area contributed by atoms with Crippen molar-refractivity contribution in [3.05, 3.63) is 29.8 Å². The van der Waals surface area contributed by atoms with Crippen molar-refractivity contribution in [2.45, 2.75) is 91.1 Å². The second-order valence-corrected chi connectivity index (χ2v) is 14.1. The van der Waals surface area contributed by atoms with E-state index in [2.05, 4.69) is 25.7 Å². The van der Waals surface area contributed by atoms with Crippen LogP contribution in [-0.4, -0.2) is 42.7 Å². The Kier molecular flexibility index (Phi) is 8.15. The molecule has 0 saturated heterocycles. The Morgan fingerprint density at radius 3 is 2.34 bits per heavy atom. The van der Waals surface area contributed by atoms with Gasteiger partial charge in [0.1, 0.15) is 11.9 Å². The van der Waals surface area contributed by atoms with E-state index in [1.807, 2.05) is 24.3 Å². The maximum absolute atomic E-state index is 13.0. The van der Waals surface area contributed by atoms with Crippen molar-refractivity contribution in [3.8, 4) is 0 Å². The van der Waals surface area contributed by atoms with Gasteiger partial charge in [0.15, 0.2) is 0 Å². The monoisotopic (exact) mass is 561 g/mol. The Morgan fingerprint density at radius 2 is 1.66 bits per heavy atom. The molecule has 1 aromatic rings. The number of nitrogens with zero attached hydrogens (tertiary/aromatic N) is 1. The Morgan fingerprint density at radius 1 is 0.947 bits per heavy atom. The number of fused-ring (bicyclic) bond motifs is 5. The van der Waals surface area contributed by atoms with Gasteiger partial charge in [-0.1, -0.05) is 32.9 Å². The predicted molar refractivity (Wildman–Crippen MR) is 155 cm³/mol. The summed E-state index contributed by atoms with van der Waals surface area (Å²) in [6.07, 6.45) is 9.88. The van der Waals surface area contributed by atoms with Crippen molar-refractivity contribution in [2.75, 3.05) is 29.7 Å². The van der Waals surface area contributed by atoms with Crippen LogP contribution >= 0.6 is 23.2 Å². The number of ether oxygens (including phenoxy) is 1. The second-order valence-electron chi connectivity index (χ2n) is 13.4. The summed E-state index contributed by atoms with van der Waals surface area (Å²) in [6.45, 7) is 8.74. The van der Waals surface area contributed by atoms with Crippen molar-refractivity contribution in [3.63, 3.8) is 0 Å². The van der Waals surface area contributed by atoms with E-state index in [4.69, 9.17) is 27.9 Å². The van der Waals surface area contributed by atoms with E-state index in [-0.39, 0.29) is 28.3 Å². The van der Waals surface area contributed by atoms with Gasteiger partial charge in [-0.05, 0) is 97.6 Å². The summed E-state index contributed by atoms with van der Waals surface area (Å²) in [5.41, 5.74) is 2.43. The first-order valence-electron chi connectivity index (χ1n) is 14.8. The summed E-state index contributed by atoms with van der Waals surface area (Å²) in [4.78, 5) is 27.9. The number of halogens is 2. The Hall–Kier alpha value is -1.26. The molecule has 5 rings (SSSR count). The van der Waals surface area contributed by atoms with Crippen LogP contribution in [0, 0.1) is 34.0 Å². The molecule has 0 bridgehead atoms. The van der Waals surface area contributed by atoms with Crippen LogP contribution in [0.4, 0.5) is 5.69 Å². The summed E-state index contributed by atoms with van der Waals surface area (Å²) in [5, 5.41) is 0. The molecule has 0 unspecified atom stereocenters. The Labute approximate surface area is 239 Å². The molecule has 4 aliphatic rings. The van der Waals surface area contributed by atoms with Crippen molar-refractivity contribution in [1.29, 1.82) is 0 Å². The van der Waals surface area contributed by atoms with Gasteiger partial charge >= 0.3 is 5.97 Å². The number of Topliss-reactive ketones (excluding diaryl/α,β-unsaturated/α-hetero) is 1. The summed E-state index contributed by atoms with van der Waals surface area (Å²) in [5.74, 6) is 3.45.